The molecule has 0 saturated carbocycles. The standard InChI is InChI=1S/C12H16ClNO3S/c1-12(2,3)17-11(16)14(4)8(7-15)9-5-6-10(13)18-9/h5-8H,1-4H3. The number of rotatable bonds is 3. The van der Waals surface area contributed by atoms with E-state index in [0.717, 1.165) is 0 Å². The smallest absolute Gasteiger partial charge is 0.410 e. The number of likely N-dealkylation sites (N-methyl/N-ethyl adjacent to an activating group) is 1. The second kappa shape index (κ2) is 5.71. The minimum Gasteiger partial charge on any atom is -0.444 e. The molecule has 0 aliphatic heterocycles. The molecule has 0 bridgehead atoms. The number of thiophene rings is 1. The molecule has 0 saturated heterocycles. The number of halogens is 1. The van der Waals surface area contributed by atoms with Crippen LogP contribution in [0.3, 0.4) is 0 Å². The number of hydrogen-bond acceptors (Lipinski definition) is 4. The summed E-state index contributed by atoms with van der Waals surface area (Å²) in [6.07, 6.45) is 0.163. The zero-order chi connectivity index (χ0) is 13.9. The molecule has 1 heterocycles. The second-order valence-electron chi connectivity index (χ2n) is 4.81. The van der Waals surface area contributed by atoms with Crippen LogP contribution in [0.4, 0.5) is 4.79 Å². The lowest BCUT2D eigenvalue weighted by Gasteiger charge is -2.27. The van der Waals surface area contributed by atoms with Crippen LogP contribution in [0.5, 0.6) is 0 Å². The van der Waals surface area contributed by atoms with Crippen molar-refractivity contribution in [3.63, 3.8) is 0 Å². The molecule has 0 radical (unpaired) electrons. The van der Waals surface area contributed by atoms with E-state index in [9.17, 15) is 9.59 Å². The van der Waals surface area contributed by atoms with Gasteiger partial charge in [0.1, 0.15) is 17.9 Å². The van der Waals surface area contributed by atoms with Gasteiger partial charge >= 0.3 is 6.09 Å². The fraction of sp³-hybridized carbons (Fsp3) is 0.500. The first-order valence-electron chi connectivity index (χ1n) is 5.41. The highest BCUT2D eigenvalue weighted by Crippen LogP contribution is 2.29. The van der Waals surface area contributed by atoms with Crippen LogP contribution in [0.15, 0.2) is 12.1 Å². The van der Waals surface area contributed by atoms with Crippen LogP contribution in [0, 0.1) is 0 Å². The molecule has 0 N–H and O–H groups in total. The molecule has 0 spiro atoms. The third-order valence-electron chi connectivity index (χ3n) is 2.11. The van der Waals surface area contributed by atoms with Gasteiger partial charge in [0, 0.05) is 11.9 Å². The van der Waals surface area contributed by atoms with Crippen molar-refractivity contribution in [2.75, 3.05) is 7.05 Å². The van der Waals surface area contributed by atoms with Crippen molar-refractivity contribution in [3.05, 3.63) is 21.3 Å². The second-order valence-corrected chi connectivity index (χ2v) is 6.56. The fourth-order valence-corrected chi connectivity index (χ4v) is 2.45. The van der Waals surface area contributed by atoms with Crippen molar-refractivity contribution >= 4 is 35.3 Å². The van der Waals surface area contributed by atoms with Crippen molar-refractivity contribution in [1.82, 2.24) is 4.90 Å². The van der Waals surface area contributed by atoms with E-state index in [4.69, 9.17) is 16.3 Å². The largest absolute Gasteiger partial charge is 0.444 e. The Hall–Kier alpha value is -1.07. The van der Waals surface area contributed by atoms with E-state index in [0.29, 0.717) is 15.5 Å². The fourth-order valence-electron chi connectivity index (χ4n) is 1.28. The molecule has 4 nitrogen and oxygen atoms in total. The number of amides is 1. The summed E-state index contributed by atoms with van der Waals surface area (Å²) >= 11 is 7.09. The summed E-state index contributed by atoms with van der Waals surface area (Å²) in [5.41, 5.74) is -0.591. The average molecular weight is 290 g/mol. The molecule has 1 amide bonds. The summed E-state index contributed by atoms with van der Waals surface area (Å²) in [7, 11) is 1.53. The molecule has 0 fully saturated rings. The minimum absolute atomic E-state index is 0.538. The summed E-state index contributed by atoms with van der Waals surface area (Å²) in [6.45, 7) is 5.32. The van der Waals surface area contributed by atoms with Crippen molar-refractivity contribution in [3.8, 4) is 0 Å². The van der Waals surface area contributed by atoms with Gasteiger partial charge in [0.15, 0.2) is 0 Å². The Morgan fingerprint density at radius 3 is 2.50 bits per heavy atom. The third-order valence-corrected chi connectivity index (χ3v) is 3.41. The van der Waals surface area contributed by atoms with Crippen molar-refractivity contribution in [1.29, 1.82) is 0 Å². The van der Waals surface area contributed by atoms with Crippen molar-refractivity contribution in [2.45, 2.75) is 32.4 Å². The first-order chi connectivity index (χ1) is 8.24. The Balaban J connectivity index is 2.83. The first kappa shape index (κ1) is 15.0. The molecule has 100 valence electrons. The third kappa shape index (κ3) is 3.99. The monoisotopic (exact) mass is 289 g/mol. The normalized spacial score (nSPS) is 12.9. The van der Waals surface area contributed by atoms with E-state index in [1.807, 2.05) is 0 Å². The lowest BCUT2D eigenvalue weighted by molar-refractivity contribution is -0.112. The number of hydrogen-bond donors (Lipinski definition) is 0. The molecule has 0 aliphatic carbocycles. The maximum absolute atomic E-state index is 11.9. The Labute approximate surface area is 115 Å². The number of nitrogens with zero attached hydrogens (tertiary/aromatic N) is 1. The lowest BCUT2D eigenvalue weighted by Crippen LogP contribution is -2.37. The van der Waals surface area contributed by atoms with Crippen LogP contribution in [0.1, 0.15) is 31.7 Å². The van der Waals surface area contributed by atoms with Crippen LogP contribution < -0.4 is 0 Å². The van der Waals surface area contributed by atoms with E-state index >= 15 is 0 Å². The highest BCUT2D eigenvalue weighted by Gasteiger charge is 2.27. The summed E-state index contributed by atoms with van der Waals surface area (Å²) in [6, 6.07) is 2.76. The Morgan fingerprint density at radius 1 is 1.50 bits per heavy atom. The van der Waals surface area contributed by atoms with Gasteiger partial charge in [0.2, 0.25) is 0 Å². The number of aldehydes is 1. The highest BCUT2D eigenvalue weighted by atomic mass is 35.5. The molecule has 1 rings (SSSR count). The number of ether oxygens (including phenoxy) is 1. The van der Waals surface area contributed by atoms with Crippen LogP contribution >= 0.6 is 22.9 Å². The SMILES string of the molecule is CN(C(=O)OC(C)(C)C)C(C=O)c1ccc(Cl)s1. The van der Waals surface area contributed by atoms with Gasteiger partial charge in [-0.25, -0.2) is 4.79 Å². The zero-order valence-corrected chi connectivity index (χ0v) is 12.3. The van der Waals surface area contributed by atoms with Crippen LogP contribution in [0.25, 0.3) is 0 Å². The lowest BCUT2D eigenvalue weighted by atomic mass is 10.2. The summed E-state index contributed by atoms with van der Waals surface area (Å²) in [5, 5.41) is 0. The Morgan fingerprint density at radius 2 is 2.11 bits per heavy atom. The van der Waals surface area contributed by atoms with E-state index in [1.165, 1.54) is 23.3 Å². The van der Waals surface area contributed by atoms with Gasteiger partial charge in [-0.15, -0.1) is 11.3 Å². The van der Waals surface area contributed by atoms with Gasteiger partial charge in [-0.3, -0.25) is 4.90 Å². The first-order valence-corrected chi connectivity index (χ1v) is 6.60. The molecule has 1 atom stereocenters. The molecule has 1 unspecified atom stereocenters. The molecule has 18 heavy (non-hydrogen) atoms. The molecule has 0 aromatic carbocycles. The molecule has 1 aromatic heterocycles. The summed E-state index contributed by atoms with van der Waals surface area (Å²) in [4.78, 5) is 25.0. The highest BCUT2D eigenvalue weighted by molar-refractivity contribution is 7.16. The van der Waals surface area contributed by atoms with Gasteiger partial charge in [-0.05, 0) is 32.9 Å². The Kier molecular flexibility index (Phi) is 4.76. The maximum Gasteiger partial charge on any atom is 0.410 e. The number of carbonyl (C=O) groups excluding carboxylic acids is 2. The molecule has 0 aliphatic rings. The quantitative estimate of drug-likeness (QED) is 0.800. The van der Waals surface area contributed by atoms with Gasteiger partial charge in [-0.2, -0.15) is 0 Å². The van der Waals surface area contributed by atoms with E-state index in [-0.39, 0.29) is 0 Å². The van der Waals surface area contributed by atoms with E-state index in [2.05, 4.69) is 0 Å². The summed E-state index contributed by atoms with van der Waals surface area (Å²) in [5.74, 6) is 0. The van der Waals surface area contributed by atoms with Crippen LogP contribution in [0.2, 0.25) is 4.34 Å². The van der Waals surface area contributed by atoms with E-state index < -0.39 is 17.7 Å². The zero-order valence-electron chi connectivity index (χ0n) is 10.8. The number of carbonyl (C=O) groups is 2. The van der Waals surface area contributed by atoms with Gasteiger partial charge in [-0.1, -0.05) is 11.6 Å². The van der Waals surface area contributed by atoms with Gasteiger partial charge in [0.05, 0.1) is 4.34 Å². The average Bonchev–Trinajstić information content (AvgIpc) is 2.63. The van der Waals surface area contributed by atoms with Gasteiger partial charge in [0.25, 0.3) is 0 Å². The summed E-state index contributed by atoms with van der Waals surface area (Å²) < 4.78 is 5.79. The molecule has 6 heteroatoms. The van der Waals surface area contributed by atoms with Crippen LogP contribution in [-0.4, -0.2) is 29.9 Å². The minimum atomic E-state index is -0.669. The van der Waals surface area contributed by atoms with Gasteiger partial charge < -0.3 is 9.53 Å². The molecular weight excluding hydrogens is 274 g/mol. The topological polar surface area (TPSA) is 46.6 Å². The van der Waals surface area contributed by atoms with E-state index in [1.54, 1.807) is 32.9 Å². The van der Waals surface area contributed by atoms with Crippen LogP contribution in [-0.2, 0) is 9.53 Å². The Bertz CT molecular complexity index is 439. The van der Waals surface area contributed by atoms with Crippen molar-refractivity contribution < 1.29 is 14.3 Å². The predicted octanol–water partition coefficient (Wildman–Crippen LogP) is 3.51. The predicted molar refractivity (Wildman–Crippen MR) is 72.1 cm³/mol. The molecular formula is C12H16ClNO3S. The maximum atomic E-state index is 11.9. The van der Waals surface area contributed by atoms with Crippen molar-refractivity contribution in [2.24, 2.45) is 0 Å². The molecule has 1 aromatic rings.